The molecule has 0 atom stereocenters. The van der Waals surface area contributed by atoms with E-state index in [0.29, 0.717) is 4.47 Å². The molecule has 1 heterocycles. The summed E-state index contributed by atoms with van der Waals surface area (Å²) in [6.45, 7) is 0. The molecule has 98 valence electrons. The Labute approximate surface area is 120 Å². The Balaban J connectivity index is 2.31. The molecule has 7 heteroatoms. The van der Waals surface area contributed by atoms with E-state index in [4.69, 9.17) is 5.11 Å². The summed E-state index contributed by atoms with van der Waals surface area (Å²) in [5.74, 6) is -2.53. The minimum atomic E-state index is -1.15. The van der Waals surface area contributed by atoms with E-state index < -0.39 is 17.7 Å². The third kappa shape index (κ3) is 2.82. The molecule has 0 aliphatic carbocycles. The van der Waals surface area contributed by atoms with Crippen molar-refractivity contribution in [1.82, 2.24) is 0 Å². The summed E-state index contributed by atoms with van der Waals surface area (Å²) >= 11 is 4.15. The van der Waals surface area contributed by atoms with Crippen LogP contribution in [0.3, 0.4) is 0 Å². The Bertz CT molecular complexity index is 636. The van der Waals surface area contributed by atoms with E-state index in [9.17, 15) is 14.0 Å². The van der Waals surface area contributed by atoms with Gasteiger partial charge in [-0.25, -0.2) is 9.18 Å². The number of benzene rings is 1. The lowest BCUT2D eigenvalue weighted by molar-refractivity contribution is 0.0698. The Morgan fingerprint density at radius 2 is 2.05 bits per heavy atom. The monoisotopic (exact) mass is 343 g/mol. The number of halogens is 2. The van der Waals surface area contributed by atoms with Crippen LogP contribution in [0.5, 0.6) is 0 Å². The number of hydrogen-bond acceptors (Lipinski definition) is 3. The SMILES string of the molecule is O=C(O)c1ccsc1NC(=O)c1c(F)cccc1Br. The molecule has 0 spiro atoms. The van der Waals surface area contributed by atoms with E-state index >= 15 is 0 Å². The number of rotatable bonds is 3. The van der Waals surface area contributed by atoms with Crippen molar-refractivity contribution in [3.63, 3.8) is 0 Å². The average Bonchev–Trinajstić information content (AvgIpc) is 2.76. The molecule has 0 fully saturated rings. The maximum atomic E-state index is 13.6. The lowest BCUT2D eigenvalue weighted by atomic mass is 10.2. The van der Waals surface area contributed by atoms with Crippen LogP contribution in [0.2, 0.25) is 0 Å². The maximum absolute atomic E-state index is 13.6. The van der Waals surface area contributed by atoms with Crippen LogP contribution in [0.25, 0.3) is 0 Å². The fourth-order valence-electron chi connectivity index (χ4n) is 1.45. The summed E-state index contributed by atoms with van der Waals surface area (Å²) in [5.41, 5.74) is -0.182. The van der Waals surface area contributed by atoms with E-state index in [2.05, 4.69) is 21.2 Å². The van der Waals surface area contributed by atoms with Crippen LogP contribution in [0.15, 0.2) is 34.1 Å². The average molecular weight is 344 g/mol. The van der Waals surface area contributed by atoms with Gasteiger partial charge in [0.05, 0.1) is 11.1 Å². The molecule has 4 nitrogen and oxygen atoms in total. The zero-order valence-electron chi connectivity index (χ0n) is 9.31. The summed E-state index contributed by atoms with van der Waals surface area (Å²) in [7, 11) is 0. The summed E-state index contributed by atoms with van der Waals surface area (Å²) in [4.78, 5) is 22.9. The van der Waals surface area contributed by atoms with Crippen molar-refractivity contribution >= 4 is 44.1 Å². The molecule has 1 aromatic carbocycles. The number of aromatic carboxylic acids is 1. The zero-order chi connectivity index (χ0) is 14.0. The van der Waals surface area contributed by atoms with Crippen molar-refractivity contribution in [1.29, 1.82) is 0 Å². The number of nitrogens with one attached hydrogen (secondary N) is 1. The van der Waals surface area contributed by atoms with E-state index in [1.165, 1.54) is 23.6 Å². The number of hydrogen-bond donors (Lipinski definition) is 2. The molecule has 0 unspecified atom stereocenters. The lowest BCUT2D eigenvalue weighted by Gasteiger charge is -2.07. The summed E-state index contributed by atoms with van der Waals surface area (Å²) in [6.07, 6.45) is 0. The molecule has 0 saturated carbocycles. The fourth-order valence-corrected chi connectivity index (χ4v) is 2.75. The van der Waals surface area contributed by atoms with Gasteiger partial charge in [-0.1, -0.05) is 6.07 Å². The molecule has 0 aliphatic heterocycles. The molecule has 2 rings (SSSR count). The van der Waals surface area contributed by atoms with Crippen LogP contribution in [-0.4, -0.2) is 17.0 Å². The Hall–Kier alpha value is -1.73. The summed E-state index contributed by atoms with van der Waals surface area (Å²) in [6, 6.07) is 5.53. The van der Waals surface area contributed by atoms with Crippen LogP contribution in [0.4, 0.5) is 9.39 Å². The quantitative estimate of drug-likeness (QED) is 0.894. The predicted octanol–water partition coefficient (Wildman–Crippen LogP) is 3.60. The van der Waals surface area contributed by atoms with Crippen molar-refractivity contribution in [3.05, 3.63) is 51.1 Å². The van der Waals surface area contributed by atoms with E-state index in [-0.39, 0.29) is 16.1 Å². The van der Waals surface area contributed by atoms with Gasteiger partial charge in [-0.05, 0) is 39.5 Å². The van der Waals surface area contributed by atoms with E-state index in [0.717, 1.165) is 17.4 Å². The second-order valence-corrected chi connectivity index (χ2v) is 5.29. The second kappa shape index (κ2) is 5.50. The Morgan fingerprint density at radius 3 is 2.68 bits per heavy atom. The molecule has 2 aromatic rings. The van der Waals surface area contributed by atoms with Gasteiger partial charge < -0.3 is 10.4 Å². The van der Waals surface area contributed by atoms with Gasteiger partial charge in [0.15, 0.2) is 0 Å². The minimum absolute atomic E-state index is 0.0224. The normalized spacial score (nSPS) is 10.2. The van der Waals surface area contributed by atoms with Gasteiger partial charge in [0.25, 0.3) is 5.91 Å². The Morgan fingerprint density at radius 1 is 1.32 bits per heavy atom. The number of carboxylic acid groups (broad SMARTS) is 1. The Kier molecular flexibility index (Phi) is 3.96. The largest absolute Gasteiger partial charge is 0.478 e. The smallest absolute Gasteiger partial charge is 0.338 e. The van der Waals surface area contributed by atoms with Crippen molar-refractivity contribution in [2.75, 3.05) is 5.32 Å². The first kappa shape index (κ1) is 13.7. The molecular weight excluding hydrogens is 337 g/mol. The molecule has 1 aromatic heterocycles. The molecule has 0 radical (unpaired) electrons. The van der Waals surface area contributed by atoms with Crippen molar-refractivity contribution in [3.8, 4) is 0 Å². The topological polar surface area (TPSA) is 66.4 Å². The van der Waals surface area contributed by atoms with Crippen molar-refractivity contribution in [2.24, 2.45) is 0 Å². The molecule has 0 bridgehead atoms. The number of carboxylic acids is 1. The first-order valence-corrected chi connectivity index (χ1v) is 6.74. The second-order valence-electron chi connectivity index (χ2n) is 3.52. The zero-order valence-corrected chi connectivity index (χ0v) is 11.7. The molecule has 1 amide bonds. The van der Waals surface area contributed by atoms with Gasteiger partial charge in [-0.15, -0.1) is 11.3 Å². The molecule has 0 aliphatic rings. The highest BCUT2D eigenvalue weighted by atomic mass is 79.9. The van der Waals surface area contributed by atoms with Gasteiger partial charge >= 0.3 is 5.97 Å². The first-order valence-electron chi connectivity index (χ1n) is 5.07. The molecule has 0 saturated heterocycles. The van der Waals surface area contributed by atoms with Gasteiger partial charge in [-0.3, -0.25) is 4.79 Å². The highest BCUT2D eigenvalue weighted by Gasteiger charge is 2.19. The van der Waals surface area contributed by atoms with Gasteiger partial charge in [0, 0.05) is 4.47 Å². The van der Waals surface area contributed by atoms with Crippen molar-refractivity contribution < 1.29 is 19.1 Å². The van der Waals surface area contributed by atoms with Crippen molar-refractivity contribution in [2.45, 2.75) is 0 Å². The summed E-state index contributed by atoms with van der Waals surface area (Å²) in [5, 5.41) is 13.0. The van der Waals surface area contributed by atoms with E-state index in [1.807, 2.05) is 0 Å². The van der Waals surface area contributed by atoms with Crippen LogP contribution < -0.4 is 5.32 Å². The maximum Gasteiger partial charge on any atom is 0.338 e. The van der Waals surface area contributed by atoms with Crippen LogP contribution in [0.1, 0.15) is 20.7 Å². The third-order valence-corrected chi connectivity index (χ3v) is 3.80. The number of anilines is 1. The standard InChI is InChI=1S/C12H7BrFNO3S/c13-7-2-1-3-8(14)9(7)10(16)15-11-6(12(17)18)4-5-19-11/h1-5H,(H,15,16)(H,17,18). The minimum Gasteiger partial charge on any atom is -0.478 e. The predicted molar refractivity (Wildman–Crippen MR) is 73.3 cm³/mol. The highest BCUT2D eigenvalue weighted by molar-refractivity contribution is 9.10. The molecular formula is C12H7BrFNO3S. The lowest BCUT2D eigenvalue weighted by Crippen LogP contribution is -2.15. The summed E-state index contributed by atoms with van der Waals surface area (Å²) < 4.78 is 13.9. The molecule has 2 N–H and O–H groups in total. The van der Waals surface area contributed by atoms with E-state index in [1.54, 1.807) is 0 Å². The van der Waals surface area contributed by atoms with Gasteiger partial charge in [0.1, 0.15) is 10.8 Å². The number of thiophene rings is 1. The highest BCUT2D eigenvalue weighted by Crippen LogP contribution is 2.26. The number of carbonyl (C=O) groups excluding carboxylic acids is 1. The fraction of sp³-hybridized carbons (Fsp3) is 0. The van der Waals surface area contributed by atoms with Gasteiger partial charge in [0.2, 0.25) is 0 Å². The first-order chi connectivity index (χ1) is 9.00. The molecule has 19 heavy (non-hydrogen) atoms. The van der Waals surface area contributed by atoms with Gasteiger partial charge in [-0.2, -0.15) is 0 Å². The third-order valence-electron chi connectivity index (χ3n) is 2.31. The number of amides is 1. The number of carbonyl (C=O) groups is 2. The van der Waals surface area contributed by atoms with Crippen LogP contribution in [-0.2, 0) is 0 Å². The van der Waals surface area contributed by atoms with Crippen LogP contribution >= 0.6 is 27.3 Å². The van der Waals surface area contributed by atoms with Crippen LogP contribution in [0, 0.1) is 5.82 Å².